The number of nitrogens with two attached hydrogens (primary N) is 1. The third-order valence-electron chi connectivity index (χ3n) is 3.49. The van der Waals surface area contributed by atoms with Crippen molar-refractivity contribution in [3.05, 3.63) is 33.9 Å². The molecule has 0 amide bonds. The van der Waals surface area contributed by atoms with E-state index in [9.17, 15) is 0 Å². The van der Waals surface area contributed by atoms with Gasteiger partial charge in [-0.3, -0.25) is 5.10 Å². The van der Waals surface area contributed by atoms with Gasteiger partial charge in [0.15, 0.2) is 5.82 Å². The second-order valence-electron chi connectivity index (χ2n) is 5.03. The van der Waals surface area contributed by atoms with Gasteiger partial charge in [0.05, 0.1) is 10.0 Å². The average molecular weight is 298 g/mol. The molecule has 0 saturated carbocycles. The number of aromatic nitrogens is 2. The summed E-state index contributed by atoms with van der Waals surface area (Å²) in [5.41, 5.74) is 8.53. The Morgan fingerprint density at radius 1 is 1.11 bits per heavy atom. The van der Waals surface area contributed by atoms with Gasteiger partial charge in [0.25, 0.3) is 0 Å². The Balaban J connectivity index is 2.66. The zero-order chi connectivity index (χ0) is 14.2. The molecule has 0 spiro atoms. The summed E-state index contributed by atoms with van der Waals surface area (Å²) in [5, 5.41) is 8.29. The molecule has 0 saturated heterocycles. The second-order valence-corrected chi connectivity index (χ2v) is 5.84. The van der Waals surface area contributed by atoms with E-state index in [4.69, 9.17) is 28.9 Å². The van der Waals surface area contributed by atoms with Crippen molar-refractivity contribution in [2.24, 2.45) is 5.92 Å². The molecule has 1 unspecified atom stereocenters. The van der Waals surface area contributed by atoms with E-state index in [0.29, 0.717) is 21.8 Å². The Bertz CT molecular complexity index is 570. The highest BCUT2D eigenvalue weighted by Gasteiger charge is 2.23. The summed E-state index contributed by atoms with van der Waals surface area (Å²) in [6.07, 6.45) is 0. The highest BCUT2D eigenvalue weighted by Crippen LogP contribution is 2.42. The van der Waals surface area contributed by atoms with Crippen LogP contribution in [0.15, 0.2) is 18.2 Å². The molecule has 0 bridgehead atoms. The predicted molar refractivity (Wildman–Crippen MR) is 81.7 cm³/mol. The minimum absolute atomic E-state index is 0.284. The quantitative estimate of drug-likeness (QED) is 0.861. The van der Waals surface area contributed by atoms with E-state index in [1.807, 2.05) is 6.07 Å². The first-order valence-corrected chi connectivity index (χ1v) is 6.97. The number of anilines is 1. The summed E-state index contributed by atoms with van der Waals surface area (Å²) in [5.74, 6) is 1.17. The fraction of sp³-hybridized carbons (Fsp3) is 0.357. The topological polar surface area (TPSA) is 54.7 Å². The number of rotatable bonds is 3. The molecule has 3 N–H and O–H groups in total. The SMILES string of the molecule is CC(C)C(C)c1[nH]nc(N)c1-c1c(Cl)cccc1Cl. The minimum atomic E-state index is 0.284. The molecule has 0 aliphatic carbocycles. The van der Waals surface area contributed by atoms with Crippen molar-refractivity contribution in [3.8, 4) is 11.1 Å². The van der Waals surface area contributed by atoms with Crippen LogP contribution >= 0.6 is 23.2 Å². The van der Waals surface area contributed by atoms with Gasteiger partial charge in [-0.15, -0.1) is 0 Å². The van der Waals surface area contributed by atoms with Crippen molar-refractivity contribution in [2.75, 3.05) is 5.73 Å². The fourth-order valence-corrected chi connectivity index (χ4v) is 2.62. The number of nitrogens with one attached hydrogen (secondary N) is 1. The Labute approximate surface area is 123 Å². The van der Waals surface area contributed by atoms with Crippen LogP contribution in [0.1, 0.15) is 32.4 Å². The smallest absolute Gasteiger partial charge is 0.153 e. The number of hydrogen-bond donors (Lipinski definition) is 2. The molecule has 1 atom stereocenters. The first kappa shape index (κ1) is 14.2. The van der Waals surface area contributed by atoms with E-state index in [0.717, 1.165) is 16.8 Å². The molecule has 3 nitrogen and oxygen atoms in total. The number of aromatic amines is 1. The lowest BCUT2D eigenvalue weighted by Gasteiger charge is -2.17. The molecule has 19 heavy (non-hydrogen) atoms. The molecule has 1 heterocycles. The van der Waals surface area contributed by atoms with Gasteiger partial charge in [0.1, 0.15) is 0 Å². The number of nitrogens with zero attached hydrogens (tertiary/aromatic N) is 1. The van der Waals surface area contributed by atoms with Crippen molar-refractivity contribution >= 4 is 29.0 Å². The van der Waals surface area contributed by atoms with Gasteiger partial charge in [-0.05, 0) is 18.1 Å². The van der Waals surface area contributed by atoms with Crippen LogP contribution in [-0.2, 0) is 0 Å². The molecular formula is C14H17Cl2N3. The monoisotopic (exact) mass is 297 g/mol. The van der Waals surface area contributed by atoms with Gasteiger partial charge in [0.2, 0.25) is 0 Å². The van der Waals surface area contributed by atoms with Crippen LogP contribution in [0.4, 0.5) is 5.82 Å². The normalized spacial score (nSPS) is 12.9. The van der Waals surface area contributed by atoms with Crippen molar-refractivity contribution in [2.45, 2.75) is 26.7 Å². The van der Waals surface area contributed by atoms with E-state index >= 15 is 0 Å². The van der Waals surface area contributed by atoms with E-state index in [1.165, 1.54) is 0 Å². The highest BCUT2D eigenvalue weighted by molar-refractivity contribution is 6.39. The van der Waals surface area contributed by atoms with Crippen molar-refractivity contribution < 1.29 is 0 Å². The summed E-state index contributed by atoms with van der Waals surface area (Å²) in [6.45, 7) is 6.44. The molecule has 102 valence electrons. The van der Waals surface area contributed by atoms with Crippen molar-refractivity contribution in [1.82, 2.24) is 10.2 Å². The molecule has 0 radical (unpaired) electrons. The predicted octanol–water partition coefficient (Wildman–Crippen LogP) is 4.73. The lowest BCUT2D eigenvalue weighted by atomic mass is 9.90. The summed E-state index contributed by atoms with van der Waals surface area (Å²) >= 11 is 12.5. The molecule has 0 aliphatic rings. The molecule has 2 rings (SSSR count). The molecule has 0 fully saturated rings. The number of nitrogen functional groups attached to an aromatic ring is 1. The Morgan fingerprint density at radius 2 is 1.68 bits per heavy atom. The molecular weight excluding hydrogens is 281 g/mol. The van der Waals surface area contributed by atoms with E-state index in [1.54, 1.807) is 12.1 Å². The number of hydrogen-bond acceptors (Lipinski definition) is 2. The fourth-order valence-electron chi connectivity index (χ4n) is 2.03. The molecule has 1 aromatic carbocycles. The number of benzene rings is 1. The van der Waals surface area contributed by atoms with Crippen LogP contribution in [0, 0.1) is 5.92 Å². The average Bonchev–Trinajstić information content (AvgIpc) is 2.70. The largest absolute Gasteiger partial charge is 0.382 e. The van der Waals surface area contributed by atoms with Crippen LogP contribution in [-0.4, -0.2) is 10.2 Å². The Hall–Kier alpha value is -1.19. The van der Waals surface area contributed by atoms with E-state index < -0.39 is 0 Å². The van der Waals surface area contributed by atoms with Gasteiger partial charge in [-0.25, -0.2) is 0 Å². The third kappa shape index (κ3) is 2.58. The Morgan fingerprint density at radius 3 is 2.21 bits per heavy atom. The highest BCUT2D eigenvalue weighted by atomic mass is 35.5. The summed E-state index contributed by atoms with van der Waals surface area (Å²) < 4.78 is 0. The van der Waals surface area contributed by atoms with Crippen molar-refractivity contribution in [3.63, 3.8) is 0 Å². The number of halogens is 2. The lowest BCUT2D eigenvalue weighted by molar-refractivity contribution is 0.523. The zero-order valence-electron chi connectivity index (χ0n) is 11.2. The Kier molecular flexibility index (Phi) is 4.07. The van der Waals surface area contributed by atoms with Crippen LogP contribution in [0.3, 0.4) is 0 Å². The molecule has 0 aliphatic heterocycles. The maximum Gasteiger partial charge on any atom is 0.153 e. The van der Waals surface area contributed by atoms with Crippen LogP contribution in [0.5, 0.6) is 0 Å². The summed E-state index contributed by atoms with van der Waals surface area (Å²) in [7, 11) is 0. The van der Waals surface area contributed by atoms with Gasteiger partial charge < -0.3 is 5.73 Å². The van der Waals surface area contributed by atoms with Gasteiger partial charge >= 0.3 is 0 Å². The van der Waals surface area contributed by atoms with E-state index in [-0.39, 0.29) is 5.92 Å². The molecule has 5 heteroatoms. The maximum absolute atomic E-state index is 6.27. The molecule has 1 aromatic heterocycles. The second kappa shape index (κ2) is 5.43. The summed E-state index contributed by atoms with van der Waals surface area (Å²) in [4.78, 5) is 0. The summed E-state index contributed by atoms with van der Waals surface area (Å²) in [6, 6.07) is 5.42. The number of H-pyrrole nitrogens is 1. The molecule has 2 aromatic rings. The van der Waals surface area contributed by atoms with Crippen LogP contribution in [0.25, 0.3) is 11.1 Å². The first-order valence-electron chi connectivity index (χ1n) is 6.21. The first-order chi connectivity index (χ1) is 8.93. The van der Waals surface area contributed by atoms with Crippen LogP contribution in [0.2, 0.25) is 10.0 Å². The zero-order valence-corrected chi connectivity index (χ0v) is 12.7. The van der Waals surface area contributed by atoms with Gasteiger partial charge in [-0.1, -0.05) is 50.0 Å². The maximum atomic E-state index is 6.27. The minimum Gasteiger partial charge on any atom is -0.382 e. The van der Waals surface area contributed by atoms with Gasteiger partial charge in [0, 0.05) is 22.7 Å². The third-order valence-corrected chi connectivity index (χ3v) is 4.12. The van der Waals surface area contributed by atoms with Crippen LogP contribution < -0.4 is 5.73 Å². The lowest BCUT2D eigenvalue weighted by Crippen LogP contribution is -2.04. The van der Waals surface area contributed by atoms with E-state index in [2.05, 4.69) is 31.0 Å². The van der Waals surface area contributed by atoms with Crippen molar-refractivity contribution in [1.29, 1.82) is 0 Å². The van der Waals surface area contributed by atoms with Gasteiger partial charge in [-0.2, -0.15) is 5.10 Å². The standard InChI is InChI=1S/C14H17Cl2N3/c1-7(2)8(3)13-12(14(17)19-18-13)11-9(15)5-4-6-10(11)16/h4-8H,1-3H3,(H3,17,18,19).